The molecule has 1 atom stereocenters. The lowest BCUT2D eigenvalue weighted by Crippen LogP contribution is -2.49. The normalized spacial score (nSPS) is 19.2. The molecule has 1 heterocycles. The lowest BCUT2D eigenvalue weighted by molar-refractivity contribution is 0.0130. The van der Waals surface area contributed by atoms with Crippen molar-refractivity contribution in [2.45, 2.75) is 58.7 Å². The van der Waals surface area contributed by atoms with Crippen LogP contribution in [-0.4, -0.2) is 29.3 Å². The number of carbonyl (C=O) groups excluding carboxylic acids is 1. The van der Waals surface area contributed by atoms with Crippen molar-refractivity contribution in [3.05, 3.63) is 29.8 Å². The van der Waals surface area contributed by atoms with Crippen LogP contribution in [0.15, 0.2) is 24.3 Å². The SMILES string of the molecule is Cc1ccccc1NC1CCCCN1C(=O)OC(C)(C)C. The third-order valence-electron chi connectivity index (χ3n) is 3.60. The van der Waals surface area contributed by atoms with Crippen molar-refractivity contribution in [3.63, 3.8) is 0 Å². The second-order valence-corrected chi connectivity index (χ2v) is 6.64. The van der Waals surface area contributed by atoms with Gasteiger partial charge in [0.1, 0.15) is 11.8 Å². The van der Waals surface area contributed by atoms with Crippen LogP contribution in [0.5, 0.6) is 0 Å². The third-order valence-corrected chi connectivity index (χ3v) is 3.60. The molecule has 1 unspecified atom stereocenters. The summed E-state index contributed by atoms with van der Waals surface area (Å²) in [6.07, 6.45) is 2.89. The number of aryl methyl sites for hydroxylation is 1. The first-order valence-corrected chi connectivity index (χ1v) is 7.68. The number of hydrogen-bond donors (Lipinski definition) is 1. The van der Waals surface area contributed by atoms with Gasteiger partial charge >= 0.3 is 6.09 Å². The summed E-state index contributed by atoms with van der Waals surface area (Å²) in [4.78, 5) is 14.2. The summed E-state index contributed by atoms with van der Waals surface area (Å²) in [7, 11) is 0. The summed E-state index contributed by atoms with van der Waals surface area (Å²) >= 11 is 0. The molecule has 2 rings (SSSR count). The van der Waals surface area contributed by atoms with Gasteiger partial charge in [0.15, 0.2) is 0 Å². The van der Waals surface area contributed by atoms with E-state index in [0.717, 1.165) is 31.5 Å². The zero-order valence-electron chi connectivity index (χ0n) is 13.5. The van der Waals surface area contributed by atoms with Gasteiger partial charge in [-0.1, -0.05) is 18.2 Å². The molecule has 1 aromatic carbocycles. The number of nitrogens with zero attached hydrogens (tertiary/aromatic N) is 1. The zero-order valence-corrected chi connectivity index (χ0v) is 13.5. The van der Waals surface area contributed by atoms with E-state index in [1.807, 2.05) is 37.8 Å². The number of amides is 1. The van der Waals surface area contributed by atoms with Crippen LogP contribution in [0.25, 0.3) is 0 Å². The number of benzene rings is 1. The van der Waals surface area contributed by atoms with Gasteiger partial charge in [-0.3, -0.25) is 4.90 Å². The van der Waals surface area contributed by atoms with Crippen molar-refractivity contribution in [1.29, 1.82) is 0 Å². The summed E-state index contributed by atoms with van der Waals surface area (Å²) < 4.78 is 5.52. The molecule has 0 bridgehead atoms. The summed E-state index contributed by atoms with van der Waals surface area (Å²) in [6.45, 7) is 8.53. The maximum atomic E-state index is 12.4. The quantitative estimate of drug-likeness (QED) is 0.889. The summed E-state index contributed by atoms with van der Waals surface area (Å²) in [5.74, 6) is 0. The van der Waals surface area contributed by atoms with E-state index in [1.165, 1.54) is 5.56 Å². The minimum Gasteiger partial charge on any atom is -0.444 e. The van der Waals surface area contributed by atoms with Gasteiger partial charge in [0, 0.05) is 12.2 Å². The largest absolute Gasteiger partial charge is 0.444 e. The third kappa shape index (κ3) is 4.38. The Morgan fingerprint density at radius 2 is 2.00 bits per heavy atom. The Bertz CT molecular complexity index is 494. The van der Waals surface area contributed by atoms with Crippen LogP contribution in [0, 0.1) is 6.92 Å². The Morgan fingerprint density at radius 1 is 1.29 bits per heavy atom. The second-order valence-electron chi connectivity index (χ2n) is 6.64. The smallest absolute Gasteiger partial charge is 0.411 e. The minimum atomic E-state index is -0.457. The van der Waals surface area contributed by atoms with Gasteiger partial charge in [0.2, 0.25) is 0 Å². The fourth-order valence-electron chi connectivity index (χ4n) is 2.54. The minimum absolute atomic E-state index is 0.00898. The highest BCUT2D eigenvalue weighted by atomic mass is 16.6. The summed E-state index contributed by atoms with van der Waals surface area (Å²) in [5.41, 5.74) is 1.81. The van der Waals surface area contributed by atoms with Crippen LogP contribution >= 0.6 is 0 Å². The Kier molecular flexibility index (Phi) is 4.76. The average molecular weight is 290 g/mol. The van der Waals surface area contributed by atoms with Crippen LogP contribution in [0.1, 0.15) is 45.6 Å². The molecule has 4 heteroatoms. The molecule has 1 aromatic rings. The van der Waals surface area contributed by atoms with Crippen molar-refractivity contribution in [2.24, 2.45) is 0 Å². The molecule has 21 heavy (non-hydrogen) atoms. The maximum absolute atomic E-state index is 12.4. The van der Waals surface area contributed by atoms with Crippen molar-refractivity contribution < 1.29 is 9.53 Å². The highest BCUT2D eigenvalue weighted by molar-refractivity contribution is 5.69. The number of piperidine rings is 1. The van der Waals surface area contributed by atoms with Crippen molar-refractivity contribution >= 4 is 11.8 Å². The molecule has 0 radical (unpaired) electrons. The molecule has 1 saturated heterocycles. The van der Waals surface area contributed by atoms with Gasteiger partial charge in [-0.2, -0.15) is 0 Å². The first-order chi connectivity index (χ1) is 9.87. The van der Waals surface area contributed by atoms with Gasteiger partial charge in [0.05, 0.1) is 0 Å². The van der Waals surface area contributed by atoms with E-state index < -0.39 is 5.60 Å². The van der Waals surface area contributed by atoms with Crippen molar-refractivity contribution in [3.8, 4) is 0 Å². The number of anilines is 1. The predicted molar refractivity (Wildman–Crippen MR) is 85.4 cm³/mol. The van der Waals surface area contributed by atoms with E-state index in [4.69, 9.17) is 4.74 Å². The Morgan fingerprint density at radius 3 is 2.67 bits per heavy atom. The number of nitrogens with one attached hydrogen (secondary N) is 1. The molecule has 1 N–H and O–H groups in total. The fourth-order valence-corrected chi connectivity index (χ4v) is 2.54. The van der Waals surface area contributed by atoms with Gasteiger partial charge in [-0.05, 0) is 58.6 Å². The first kappa shape index (κ1) is 15.7. The van der Waals surface area contributed by atoms with E-state index in [0.29, 0.717) is 0 Å². The highest BCUT2D eigenvalue weighted by Gasteiger charge is 2.30. The molecule has 1 amide bonds. The molecule has 0 saturated carbocycles. The Labute approximate surface area is 127 Å². The first-order valence-electron chi connectivity index (χ1n) is 7.68. The molecule has 0 aromatic heterocycles. The van der Waals surface area contributed by atoms with E-state index in [1.54, 1.807) is 0 Å². The summed E-state index contributed by atoms with van der Waals surface area (Å²) in [5, 5.41) is 3.49. The number of rotatable bonds is 2. The topological polar surface area (TPSA) is 41.6 Å². The molecular weight excluding hydrogens is 264 g/mol. The standard InChI is InChI=1S/C17H26N2O2/c1-13-9-5-6-10-14(13)18-15-11-7-8-12-19(15)16(20)21-17(2,3)4/h5-6,9-10,15,18H,7-8,11-12H2,1-4H3. The van der Waals surface area contributed by atoms with E-state index >= 15 is 0 Å². The van der Waals surface area contributed by atoms with Crippen molar-refractivity contribution in [1.82, 2.24) is 4.90 Å². The van der Waals surface area contributed by atoms with Gasteiger partial charge in [-0.15, -0.1) is 0 Å². The van der Waals surface area contributed by atoms with Crippen LogP contribution in [0.3, 0.4) is 0 Å². The van der Waals surface area contributed by atoms with Gasteiger partial charge in [0.25, 0.3) is 0 Å². The zero-order chi connectivity index (χ0) is 15.5. The van der Waals surface area contributed by atoms with Crippen LogP contribution < -0.4 is 5.32 Å². The highest BCUT2D eigenvalue weighted by Crippen LogP contribution is 2.23. The lowest BCUT2D eigenvalue weighted by Gasteiger charge is -2.37. The van der Waals surface area contributed by atoms with E-state index in [2.05, 4.69) is 24.4 Å². The van der Waals surface area contributed by atoms with E-state index in [9.17, 15) is 4.79 Å². The molecule has 116 valence electrons. The predicted octanol–water partition coefficient (Wildman–Crippen LogP) is 4.15. The molecule has 0 aliphatic carbocycles. The van der Waals surface area contributed by atoms with Crippen LogP contribution in [0.2, 0.25) is 0 Å². The second kappa shape index (κ2) is 6.37. The number of likely N-dealkylation sites (tertiary alicyclic amines) is 1. The van der Waals surface area contributed by atoms with Gasteiger partial charge < -0.3 is 10.1 Å². The molecule has 1 aliphatic rings. The number of ether oxygens (including phenoxy) is 1. The Balaban J connectivity index is 2.09. The number of para-hydroxylation sites is 1. The van der Waals surface area contributed by atoms with E-state index in [-0.39, 0.29) is 12.3 Å². The molecule has 0 spiro atoms. The number of hydrogen-bond acceptors (Lipinski definition) is 3. The number of carbonyl (C=O) groups is 1. The van der Waals surface area contributed by atoms with Crippen molar-refractivity contribution in [2.75, 3.05) is 11.9 Å². The monoisotopic (exact) mass is 290 g/mol. The summed E-state index contributed by atoms with van der Waals surface area (Å²) in [6, 6.07) is 8.16. The lowest BCUT2D eigenvalue weighted by atomic mass is 10.1. The molecule has 4 nitrogen and oxygen atoms in total. The van der Waals surface area contributed by atoms with Crippen LogP contribution in [-0.2, 0) is 4.74 Å². The average Bonchev–Trinajstić information content (AvgIpc) is 2.40. The van der Waals surface area contributed by atoms with Gasteiger partial charge in [-0.25, -0.2) is 4.79 Å². The molecule has 1 fully saturated rings. The van der Waals surface area contributed by atoms with Crippen LogP contribution in [0.4, 0.5) is 10.5 Å². The maximum Gasteiger partial charge on any atom is 0.411 e. The Hall–Kier alpha value is -1.71. The molecular formula is C17H26N2O2. The molecule has 1 aliphatic heterocycles. The fraction of sp³-hybridized carbons (Fsp3) is 0.588.